The highest BCUT2D eigenvalue weighted by molar-refractivity contribution is 6.04. The normalized spacial score (nSPS) is 24.7. The third kappa shape index (κ3) is 1.61. The molecule has 0 fully saturated rings. The van der Waals surface area contributed by atoms with Crippen molar-refractivity contribution in [2.45, 2.75) is 24.9 Å². The number of carbonyl (C=O) groups excluding carboxylic acids is 1. The Balaban J connectivity index is 2.41. The minimum absolute atomic E-state index is 0.163. The van der Waals surface area contributed by atoms with Gasteiger partial charge in [0.15, 0.2) is 5.78 Å². The monoisotopic (exact) mass is 202 g/mol. The first-order valence-electron chi connectivity index (χ1n) is 5.13. The largest absolute Gasteiger partial charge is 0.381 e. The number of hydrogen-bond donors (Lipinski definition) is 1. The Bertz CT molecular complexity index is 409. The van der Waals surface area contributed by atoms with Crippen LogP contribution >= 0.6 is 0 Å². The van der Waals surface area contributed by atoms with Crippen molar-refractivity contribution < 1.29 is 9.90 Å². The van der Waals surface area contributed by atoms with Crippen LogP contribution in [0.15, 0.2) is 36.9 Å². The van der Waals surface area contributed by atoms with Gasteiger partial charge in [0.1, 0.15) is 5.60 Å². The lowest BCUT2D eigenvalue weighted by Gasteiger charge is -2.30. The molecule has 0 saturated heterocycles. The molecular formula is C13H14O2. The van der Waals surface area contributed by atoms with Crippen LogP contribution in [0.2, 0.25) is 0 Å². The smallest absolute Gasteiger partial charge is 0.194 e. The van der Waals surface area contributed by atoms with Crippen LogP contribution in [0.4, 0.5) is 0 Å². The molecule has 2 rings (SSSR count). The van der Waals surface area contributed by atoms with Crippen molar-refractivity contribution in [1.29, 1.82) is 0 Å². The molecule has 0 spiro atoms. The number of hydrogen-bond acceptors (Lipinski definition) is 2. The molecule has 1 aliphatic carbocycles. The van der Waals surface area contributed by atoms with Gasteiger partial charge in [-0.2, -0.15) is 0 Å². The van der Waals surface area contributed by atoms with Crippen LogP contribution in [0.25, 0.3) is 0 Å². The number of ketones is 1. The molecule has 0 amide bonds. The molecule has 1 N–H and O–H groups in total. The van der Waals surface area contributed by atoms with E-state index in [1.165, 1.54) is 0 Å². The van der Waals surface area contributed by atoms with Crippen molar-refractivity contribution in [2.75, 3.05) is 0 Å². The highest BCUT2D eigenvalue weighted by Crippen LogP contribution is 2.31. The molecule has 2 heteroatoms. The zero-order chi connectivity index (χ0) is 10.9. The van der Waals surface area contributed by atoms with Gasteiger partial charge in [-0.3, -0.25) is 4.79 Å². The molecule has 0 bridgehead atoms. The molecule has 1 aromatic carbocycles. The maximum absolute atomic E-state index is 12.0. The predicted molar refractivity (Wildman–Crippen MR) is 58.9 cm³/mol. The average Bonchev–Trinajstić information content (AvgIpc) is 2.25. The van der Waals surface area contributed by atoms with Crippen molar-refractivity contribution in [2.24, 2.45) is 0 Å². The Kier molecular flexibility index (Phi) is 2.45. The Morgan fingerprint density at radius 2 is 2.20 bits per heavy atom. The molecule has 78 valence electrons. The van der Waals surface area contributed by atoms with Gasteiger partial charge >= 0.3 is 0 Å². The first kappa shape index (κ1) is 10.1. The van der Waals surface area contributed by atoms with Crippen LogP contribution in [-0.4, -0.2) is 16.5 Å². The maximum atomic E-state index is 12.0. The third-order valence-electron chi connectivity index (χ3n) is 2.97. The van der Waals surface area contributed by atoms with Crippen molar-refractivity contribution in [3.8, 4) is 0 Å². The summed E-state index contributed by atoms with van der Waals surface area (Å²) in [6.07, 6.45) is 3.19. The molecule has 0 heterocycles. The zero-order valence-corrected chi connectivity index (χ0v) is 8.57. The van der Waals surface area contributed by atoms with Crippen molar-refractivity contribution in [3.63, 3.8) is 0 Å². The van der Waals surface area contributed by atoms with E-state index in [2.05, 4.69) is 6.58 Å². The number of Topliss-reactive ketones (excluding diaryl/α,β-unsaturated/α-hetero) is 1. The fraction of sp³-hybridized carbons (Fsp3) is 0.308. The van der Waals surface area contributed by atoms with E-state index in [9.17, 15) is 9.90 Å². The second kappa shape index (κ2) is 3.63. The van der Waals surface area contributed by atoms with Crippen LogP contribution in [0.3, 0.4) is 0 Å². The van der Waals surface area contributed by atoms with E-state index < -0.39 is 5.60 Å². The summed E-state index contributed by atoms with van der Waals surface area (Å²) in [5, 5.41) is 10.2. The maximum Gasteiger partial charge on any atom is 0.194 e. The highest BCUT2D eigenvalue weighted by Gasteiger charge is 2.39. The van der Waals surface area contributed by atoms with Crippen LogP contribution in [-0.2, 0) is 6.42 Å². The highest BCUT2D eigenvalue weighted by atomic mass is 16.3. The van der Waals surface area contributed by atoms with E-state index >= 15 is 0 Å². The van der Waals surface area contributed by atoms with Gasteiger partial charge in [-0.25, -0.2) is 0 Å². The van der Waals surface area contributed by atoms with Gasteiger partial charge in [0.25, 0.3) is 0 Å². The molecule has 1 aromatic rings. The lowest BCUT2D eigenvalue weighted by atomic mass is 9.77. The first-order chi connectivity index (χ1) is 7.17. The van der Waals surface area contributed by atoms with Gasteiger partial charge in [-0.05, 0) is 18.4 Å². The second-order valence-corrected chi connectivity index (χ2v) is 4.01. The van der Waals surface area contributed by atoms with Crippen molar-refractivity contribution in [1.82, 2.24) is 0 Å². The molecule has 0 unspecified atom stereocenters. The van der Waals surface area contributed by atoms with Crippen LogP contribution in [0.5, 0.6) is 0 Å². The number of aliphatic hydroxyl groups is 1. The third-order valence-corrected chi connectivity index (χ3v) is 2.97. The summed E-state index contributed by atoms with van der Waals surface area (Å²) >= 11 is 0. The quantitative estimate of drug-likeness (QED) is 0.746. The number of fused-ring (bicyclic) bond motifs is 1. The molecular weight excluding hydrogens is 188 g/mol. The molecule has 0 radical (unpaired) electrons. The van der Waals surface area contributed by atoms with Crippen LogP contribution in [0.1, 0.15) is 28.8 Å². The van der Waals surface area contributed by atoms with Gasteiger partial charge in [0.05, 0.1) is 0 Å². The lowest BCUT2D eigenvalue weighted by Crippen LogP contribution is -2.42. The fourth-order valence-electron chi connectivity index (χ4n) is 2.10. The number of benzene rings is 1. The van der Waals surface area contributed by atoms with E-state index in [0.29, 0.717) is 18.4 Å². The number of carbonyl (C=O) groups is 1. The van der Waals surface area contributed by atoms with Gasteiger partial charge in [-0.1, -0.05) is 30.3 Å². The summed E-state index contributed by atoms with van der Waals surface area (Å²) in [5.74, 6) is -0.163. The molecule has 1 atom stereocenters. The number of rotatable bonds is 2. The van der Waals surface area contributed by atoms with E-state index in [0.717, 1.165) is 12.0 Å². The standard InChI is InChI=1S/C13H14O2/c1-2-8-13(15)9-7-10-5-3-4-6-11(10)12(13)14/h2-6,15H,1,7-9H2/t13-/m1/s1. The Hall–Kier alpha value is -1.41. The Morgan fingerprint density at radius 3 is 2.93 bits per heavy atom. The second-order valence-electron chi connectivity index (χ2n) is 4.01. The SMILES string of the molecule is C=CC[C@@]1(O)CCc2ccccc2C1=O. The first-order valence-corrected chi connectivity index (χ1v) is 5.13. The summed E-state index contributed by atoms with van der Waals surface area (Å²) in [7, 11) is 0. The molecule has 0 saturated carbocycles. The summed E-state index contributed by atoms with van der Waals surface area (Å²) < 4.78 is 0. The number of aryl methyl sites for hydroxylation is 1. The van der Waals surface area contributed by atoms with E-state index in [-0.39, 0.29) is 5.78 Å². The van der Waals surface area contributed by atoms with Gasteiger partial charge < -0.3 is 5.11 Å². The fourth-order valence-corrected chi connectivity index (χ4v) is 2.10. The van der Waals surface area contributed by atoms with E-state index in [1.54, 1.807) is 12.1 Å². The molecule has 15 heavy (non-hydrogen) atoms. The van der Waals surface area contributed by atoms with Crippen molar-refractivity contribution >= 4 is 5.78 Å². The van der Waals surface area contributed by atoms with Gasteiger partial charge in [0.2, 0.25) is 0 Å². The Labute approximate surface area is 89.2 Å². The topological polar surface area (TPSA) is 37.3 Å². The van der Waals surface area contributed by atoms with Crippen LogP contribution in [0, 0.1) is 0 Å². The summed E-state index contributed by atoms with van der Waals surface area (Å²) in [6.45, 7) is 3.58. The zero-order valence-electron chi connectivity index (χ0n) is 8.57. The minimum Gasteiger partial charge on any atom is -0.381 e. The van der Waals surface area contributed by atoms with Crippen LogP contribution < -0.4 is 0 Å². The van der Waals surface area contributed by atoms with Crippen molar-refractivity contribution in [3.05, 3.63) is 48.0 Å². The summed E-state index contributed by atoms with van der Waals surface area (Å²) in [5.41, 5.74) is 0.472. The molecule has 1 aliphatic rings. The van der Waals surface area contributed by atoms with Gasteiger partial charge in [-0.15, -0.1) is 6.58 Å². The summed E-state index contributed by atoms with van der Waals surface area (Å²) in [6, 6.07) is 7.48. The molecule has 0 aromatic heterocycles. The summed E-state index contributed by atoms with van der Waals surface area (Å²) in [4.78, 5) is 12.0. The molecule has 0 aliphatic heterocycles. The van der Waals surface area contributed by atoms with E-state index in [1.807, 2.05) is 18.2 Å². The average molecular weight is 202 g/mol. The van der Waals surface area contributed by atoms with Gasteiger partial charge in [0, 0.05) is 12.0 Å². The molecule has 2 nitrogen and oxygen atoms in total. The predicted octanol–water partition coefficient (Wildman–Crippen LogP) is 2.12. The minimum atomic E-state index is -1.23. The van der Waals surface area contributed by atoms with E-state index in [4.69, 9.17) is 0 Å². The lowest BCUT2D eigenvalue weighted by molar-refractivity contribution is 0.0260. The Morgan fingerprint density at radius 1 is 1.47 bits per heavy atom.